The summed E-state index contributed by atoms with van der Waals surface area (Å²) in [6, 6.07) is 10.0. The number of nitrogens with one attached hydrogen (secondary N) is 1. The van der Waals surface area contributed by atoms with Crippen LogP contribution in [-0.2, 0) is 0 Å². The number of hydrogen-bond donors (Lipinski definition) is 1. The van der Waals surface area contributed by atoms with Crippen molar-refractivity contribution in [2.24, 2.45) is 0 Å². The van der Waals surface area contributed by atoms with E-state index >= 15 is 0 Å². The molecule has 1 N–H and O–H groups in total. The zero-order chi connectivity index (χ0) is 12.8. The van der Waals surface area contributed by atoms with Crippen LogP contribution in [0, 0.1) is 34.0 Å². The molecule has 0 saturated heterocycles. The van der Waals surface area contributed by atoms with Crippen LogP contribution in [0.5, 0.6) is 0 Å². The quantitative estimate of drug-likeness (QED) is 0.849. The van der Waals surface area contributed by atoms with Gasteiger partial charge in [0.1, 0.15) is 23.9 Å². The van der Waals surface area contributed by atoms with Crippen LogP contribution in [0.2, 0.25) is 5.02 Å². The monoisotopic (exact) mass is 306 g/mol. The average molecular weight is 308 g/mol. The Morgan fingerprint density at radius 1 is 1.18 bits per heavy atom. The van der Waals surface area contributed by atoms with Gasteiger partial charge in [-0.3, -0.25) is 0 Å². The lowest BCUT2D eigenvalue weighted by molar-refractivity contribution is 1.37. The van der Waals surface area contributed by atoms with Crippen LogP contribution in [0.1, 0.15) is 0 Å². The Bertz CT molecular complexity index is 585. The number of rotatable bonds is 2. The van der Waals surface area contributed by atoms with Crippen LogP contribution < -0.4 is 5.32 Å². The van der Waals surface area contributed by atoms with Crippen molar-refractivity contribution in [1.29, 1.82) is 15.8 Å². The lowest BCUT2D eigenvalue weighted by Crippen LogP contribution is -2.01. The molecule has 17 heavy (non-hydrogen) atoms. The molecule has 82 valence electrons. The molecule has 0 amide bonds. The summed E-state index contributed by atoms with van der Waals surface area (Å²) in [5.41, 5.74) is 0.0418. The molecule has 0 spiro atoms. The first-order valence-electron chi connectivity index (χ1n) is 4.29. The Labute approximate surface area is 111 Å². The van der Waals surface area contributed by atoms with Crippen molar-refractivity contribution in [3.05, 3.63) is 39.0 Å². The molecule has 0 fully saturated rings. The number of allylic oxidation sites excluding steroid dienone is 2. The van der Waals surface area contributed by atoms with E-state index < -0.39 is 0 Å². The Balaban J connectivity index is 3.16. The molecular weight excluding hydrogens is 304 g/mol. The molecule has 6 heteroatoms. The van der Waals surface area contributed by atoms with Crippen LogP contribution in [0.25, 0.3) is 0 Å². The standard InChI is InChI=1S/C11H4BrClN4/c12-8-1-2-10(9(13)3-8)17-11(6-16)7(4-14)5-15/h1-3,17H. The first-order chi connectivity index (χ1) is 8.12. The second-order valence-electron chi connectivity index (χ2n) is 2.83. The van der Waals surface area contributed by atoms with Crippen molar-refractivity contribution in [3.63, 3.8) is 0 Å². The van der Waals surface area contributed by atoms with E-state index in [-0.39, 0.29) is 11.3 Å². The van der Waals surface area contributed by atoms with E-state index in [2.05, 4.69) is 21.2 Å². The van der Waals surface area contributed by atoms with Gasteiger partial charge in [0.2, 0.25) is 0 Å². The van der Waals surface area contributed by atoms with Crippen LogP contribution >= 0.6 is 27.5 Å². The van der Waals surface area contributed by atoms with Crippen LogP contribution in [0.15, 0.2) is 33.9 Å². The van der Waals surface area contributed by atoms with E-state index in [4.69, 9.17) is 27.4 Å². The molecule has 0 aliphatic rings. The Morgan fingerprint density at radius 2 is 1.82 bits per heavy atom. The predicted molar refractivity (Wildman–Crippen MR) is 66.6 cm³/mol. The van der Waals surface area contributed by atoms with Crippen LogP contribution in [0.4, 0.5) is 5.69 Å². The summed E-state index contributed by atoms with van der Waals surface area (Å²) in [5.74, 6) is 0. The molecule has 0 radical (unpaired) electrons. The minimum atomic E-state index is -0.286. The van der Waals surface area contributed by atoms with Gasteiger partial charge in [0.05, 0.1) is 10.7 Å². The summed E-state index contributed by atoms with van der Waals surface area (Å²) in [7, 11) is 0. The van der Waals surface area contributed by atoms with Crippen molar-refractivity contribution in [1.82, 2.24) is 0 Å². The van der Waals surface area contributed by atoms with Gasteiger partial charge in [-0.15, -0.1) is 0 Å². The van der Waals surface area contributed by atoms with Crippen LogP contribution in [0.3, 0.4) is 0 Å². The molecule has 0 bridgehead atoms. The van der Waals surface area contributed by atoms with Gasteiger partial charge in [-0.2, -0.15) is 15.8 Å². The number of anilines is 1. The van der Waals surface area contributed by atoms with Crippen LogP contribution in [-0.4, -0.2) is 0 Å². The normalized spacial score (nSPS) is 8.41. The summed E-state index contributed by atoms with van der Waals surface area (Å²) in [6.45, 7) is 0. The smallest absolute Gasteiger partial charge is 0.163 e. The topological polar surface area (TPSA) is 83.4 Å². The van der Waals surface area contributed by atoms with E-state index in [1.54, 1.807) is 36.4 Å². The van der Waals surface area contributed by atoms with Crippen molar-refractivity contribution in [2.45, 2.75) is 0 Å². The third-order valence-electron chi connectivity index (χ3n) is 1.78. The minimum Gasteiger partial charge on any atom is -0.344 e. The van der Waals surface area contributed by atoms with Gasteiger partial charge in [0, 0.05) is 4.47 Å². The van der Waals surface area contributed by atoms with E-state index in [1.807, 2.05) is 0 Å². The largest absolute Gasteiger partial charge is 0.344 e. The Hall–Kier alpha value is -2.00. The third kappa shape index (κ3) is 3.23. The number of halogens is 2. The first-order valence-corrected chi connectivity index (χ1v) is 5.46. The van der Waals surface area contributed by atoms with Crippen molar-refractivity contribution in [3.8, 4) is 18.2 Å². The molecule has 0 aliphatic carbocycles. The molecule has 0 aromatic heterocycles. The summed E-state index contributed by atoms with van der Waals surface area (Å²) < 4.78 is 0.788. The second kappa shape index (κ2) is 5.92. The molecule has 4 nitrogen and oxygen atoms in total. The SMILES string of the molecule is N#CC(C#N)=C(C#N)Nc1ccc(Br)cc1Cl. The molecule has 0 heterocycles. The lowest BCUT2D eigenvalue weighted by Gasteiger charge is -2.06. The maximum absolute atomic E-state index is 8.84. The molecule has 0 unspecified atom stereocenters. The number of benzene rings is 1. The molecule has 1 aromatic rings. The summed E-state index contributed by atoms with van der Waals surface area (Å²) >= 11 is 9.17. The lowest BCUT2D eigenvalue weighted by atomic mass is 10.2. The maximum Gasteiger partial charge on any atom is 0.163 e. The molecule has 0 atom stereocenters. The zero-order valence-corrected chi connectivity index (χ0v) is 10.7. The molecule has 1 rings (SSSR count). The highest BCUT2D eigenvalue weighted by atomic mass is 79.9. The van der Waals surface area contributed by atoms with Gasteiger partial charge in [0.15, 0.2) is 5.57 Å². The summed E-state index contributed by atoms with van der Waals surface area (Å²) in [5, 5.41) is 29.2. The Morgan fingerprint density at radius 3 is 2.29 bits per heavy atom. The van der Waals surface area contributed by atoms with Gasteiger partial charge in [0.25, 0.3) is 0 Å². The highest BCUT2D eigenvalue weighted by Crippen LogP contribution is 2.26. The third-order valence-corrected chi connectivity index (χ3v) is 2.58. The zero-order valence-electron chi connectivity index (χ0n) is 8.33. The highest BCUT2D eigenvalue weighted by molar-refractivity contribution is 9.10. The van der Waals surface area contributed by atoms with Gasteiger partial charge >= 0.3 is 0 Å². The highest BCUT2D eigenvalue weighted by Gasteiger charge is 2.08. The fraction of sp³-hybridized carbons (Fsp3) is 0. The fourth-order valence-electron chi connectivity index (χ4n) is 1.01. The van der Waals surface area contributed by atoms with Gasteiger partial charge in [-0.25, -0.2) is 0 Å². The van der Waals surface area contributed by atoms with Crippen molar-refractivity contribution in [2.75, 3.05) is 5.32 Å². The summed E-state index contributed by atoms with van der Waals surface area (Å²) in [4.78, 5) is 0. The summed E-state index contributed by atoms with van der Waals surface area (Å²) in [6.07, 6.45) is 0. The fourth-order valence-corrected chi connectivity index (χ4v) is 1.73. The Kier molecular flexibility index (Phi) is 4.55. The van der Waals surface area contributed by atoms with E-state index in [1.165, 1.54) is 0 Å². The number of hydrogen-bond acceptors (Lipinski definition) is 4. The van der Waals surface area contributed by atoms with E-state index in [0.29, 0.717) is 10.7 Å². The van der Waals surface area contributed by atoms with Gasteiger partial charge in [-0.05, 0) is 18.2 Å². The number of nitriles is 3. The average Bonchev–Trinajstić information content (AvgIpc) is 2.32. The second-order valence-corrected chi connectivity index (χ2v) is 4.16. The molecule has 1 aromatic carbocycles. The van der Waals surface area contributed by atoms with E-state index in [0.717, 1.165) is 4.47 Å². The maximum atomic E-state index is 8.84. The predicted octanol–water partition coefficient (Wildman–Crippen LogP) is 3.34. The molecular formula is C11H4BrClN4. The van der Waals surface area contributed by atoms with Gasteiger partial charge < -0.3 is 5.32 Å². The van der Waals surface area contributed by atoms with E-state index in [9.17, 15) is 0 Å². The molecule has 0 aliphatic heterocycles. The first kappa shape index (κ1) is 13.1. The number of nitrogens with zero attached hydrogens (tertiary/aromatic N) is 3. The minimum absolute atomic E-state index is 0.126. The van der Waals surface area contributed by atoms with Crippen molar-refractivity contribution >= 4 is 33.2 Å². The molecule has 0 saturated carbocycles. The van der Waals surface area contributed by atoms with Gasteiger partial charge in [-0.1, -0.05) is 27.5 Å². The van der Waals surface area contributed by atoms with Crippen molar-refractivity contribution < 1.29 is 0 Å².